The van der Waals surface area contributed by atoms with Crippen LogP contribution in [0.5, 0.6) is 5.75 Å². The molecule has 0 atom stereocenters. The summed E-state index contributed by atoms with van der Waals surface area (Å²) >= 11 is 7.37. The topological polar surface area (TPSA) is 74.1 Å². The van der Waals surface area contributed by atoms with Crippen molar-refractivity contribution in [3.8, 4) is 5.75 Å². The zero-order valence-electron chi connectivity index (χ0n) is 12.9. The van der Waals surface area contributed by atoms with Crippen molar-refractivity contribution < 1.29 is 13.2 Å². The number of aryl methyl sites for hydroxylation is 1. The van der Waals surface area contributed by atoms with Crippen molar-refractivity contribution in [1.29, 1.82) is 0 Å². The van der Waals surface area contributed by atoms with Crippen molar-refractivity contribution in [1.82, 2.24) is 14.8 Å². The van der Waals surface area contributed by atoms with Crippen molar-refractivity contribution in [3.63, 3.8) is 0 Å². The van der Waals surface area contributed by atoms with Crippen LogP contribution in [-0.2, 0) is 16.4 Å². The van der Waals surface area contributed by atoms with Gasteiger partial charge in [-0.2, -0.15) is 0 Å². The fraction of sp³-hybridized carbons (Fsp3) is 0.429. The molecule has 0 N–H and O–H groups in total. The Morgan fingerprint density at radius 1 is 1.35 bits per heavy atom. The summed E-state index contributed by atoms with van der Waals surface area (Å²) in [6, 6.07) is 7.21. The third-order valence-corrected chi connectivity index (χ3v) is 5.06. The van der Waals surface area contributed by atoms with E-state index in [4.69, 9.17) is 16.3 Å². The van der Waals surface area contributed by atoms with Crippen molar-refractivity contribution in [3.05, 3.63) is 35.1 Å². The lowest BCUT2D eigenvalue weighted by molar-refractivity contribution is 0.344. The van der Waals surface area contributed by atoms with Crippen LogP contribution in [0.1, 0.15) is 5.82 Å². The van der Waals surface area contributed by atoms with Gasteiger partial charge in [0.2, 0.25) is 0 Å². The van der Waals surface area contributed by atoms with Gasteiger partial charge in [-0.25, -0.2) is 8.42 Å². The number of hydrogen-bond acceptors (Lipinski definition) is 6. The van der Waals surface area contributed by atoms with Crippen LogP contribution >= 0.6 is 23.4 Å². The number of hydrogen-bond donors (Lipinski definition) is 0. The third kappa shape index (κ3) is 6.04. The highest BCUT2D eigenvalue weighted by atomic mass is 35.5. The fourth-order valence-electron chi connectivity index (χ4n) is 1.83. The van der Waals surface area contributed by atoms with Crippen LogP contribution < -0.4 is 4.74 Å². The molecular weight excluding hydrogens is 358 g/mol. The van der Waals surface area contributed by atoms with Crippen molar-refractivity contribution in [2.45, 2.75) is 18.6 Å². The van der Waals surface area contributed by atoms with Gasteiger partial charge in [-0.05, 0) is 25.1 Å². The Balaban J connectivity index is 1.86. The average Bonchev–Trinajstić information content (AvgIpc) is 2.81. The van der Waals surface area contributed by atoms with Crippen LogP contribution in [0.4, 0.5) is 0 Å². The predicted octanol–water partition coefficient (Wildman–Crippen LogP) is 2.46. The molecule has 0 aliphatic rings. The van der Waals surface area contributed by atoms with E-state index in [1.807, 2.05) is 23.6 Å². The lowest BCUT2D eigenvalue weighted by atomic mass is 10.3. The maximum Gasteiger partial charge on any atom is 0.191 e. The zero-order chi connectivity index (χ0) is 16.9. The highest BCUT2D eigenvalue weighted by Crippen LogP contribution is 2.19. The molecule has 6 nitrogen and oxygen atoms in total. The highest BCUT2D eigenvalue weighted by molar-refractivity contribution is 7.99. The van der Waals surface area contributed by atoms with Gasteiger partial charge in [-0.1, -0.05) is 29.4 Å². The number of halogens is 1. The summed E-state index contributed by atoms with van der Waals surface area (Å²) in [7, 11) is -3.02. The molecule has 2 aromatic rings. The van der Waals surface area contributed by atoms with Crippen LogP contribution in [0.3, 0.4) is 0 Å². The van der Waals surface area contributed by atoms with Gasteiger partial charge in [0.15, 0.2) is 5.16 Å². The summed E-state index contributed by atoms with van der Waals surface area (Å²) in [6.07, 6.45) is 1.22. The predicted molar refractivity (Wildman–Crippen MR) is 92.1 cm³/mol. The number of ether oxygens (including phenoxy) is 1. The van der Waals surface area contributed by atoms with E-state index in [0.29, 0.717) is 40.7 Å². The second-order valence-corrected chi connectivity index (χ2v) is 8.72. The summed E-state index contributed by atoms with van der Waals surface area (Å²) in [6.45, 7) is 2.65. The number of sulfone groups is 1. The van der Waals surface area contributed by atoms with Gasteiger partial charge in [0.05, 0.1) is 12.4 Å². The SMILES string of the molecule is Cc1nnc(SCCOc2cccc(Cl)c2)n1CCS(C)(=O)=O. The molecule has 0 radical (unpaired) electrons. The van der Waals surface area contributed by atoms with E-state index in [1.165, 1.54) is 18.0 Å². The molecular formula is C14H18ClN3O3S2. The molecule has 0 aliphatic heterocycles. The smallest absolute Gasteiger partial charge is 0.191 e. The van der Waals surface area contributed by atoms with E-state index in [9.17, 15) is 8.42 Å². The van der Waals surface area contributed by atoms with Gasteiger partial charge in [0, 0.05) is 23.6 Å². The quantitative estimate of drug-likeness (QED) is 0.521. The second-order valence-electron chi connectivity index (χ2n) is 4.97. The molecule has 1 aromatic heterocycles. The highest BCUT2D eigenvalue weighted by Gasteiger charge is 2.12. The van der Waals surface area contributed by atoms with Gasteiger partial charge >= 0.3 is 0 Å². The first-order chi connectivity index (χ1) is 10.8. The number of rotatable bonds is 8. The molecule has 1 aromatic carbocycles. The molecule has 126 valence electrons. The maximum absolute atomic E-state index is 11.3. The Labute approximate surface area is 145 Å². The lowest BCUT2D eigenvalue weighted by Gasteiger charge is -2.08. The minimum Gasteiger partial charge on any atom is -0.493 e. The van der Waals surface area contributed by atoms with E-state index in [2.05, 4.69) is 10.2 Å². The lowest BCUT2D eigenvalue weighted by Crippen LogP contribution is -2.13. The summed E-state index contributed by atoms with van der Waals surface area (Å²) in [5, 5.41) is 9.41. The normalized spacial score (nSPS) is 11.6. The molecule has 0 unspecified atom stereocenters. The van der Waals surface area contributed by atoms with Gasteiger partial charge in [-0.3, -0.25) is 0 Å². The molecule has 0 saturated heterocycles. The van der Waals surface area contributed by atoms with Crippen molar-refractivity contribution in [2.75, 3.05) is 24.4 Å². The fourth-order valence-corrected chi connectivity index (χ4v) is 3.35. The van der Waals surface area contributed by atoms with Crippen molar-refractivity contribution in [2.24, 2.45) is 0 Å². The first-order valence-corrected chi connectivity index (χ1v) is 10.4. The molecule has 0 bridgehead atoms. The number of benzene rings is 1. The average molecular weight is 376 g/mol. The molecule has 1 heterocycles. The van der Waals surface area contributed by atoms with Gasteiger partial charge in [-0.15, -0.1) is 10.2 Å². The zero-order valence-corrected chi connectivity index (χ0v) is 15.3. The minimum absolute atomic E-state index is 0.0679. The van der Waals surface area contributed by atoms with Crippen LogP contribution in [0, 0.1) is 6.92 Å². The number of aromatic nitrogens is 3. The molecule has 0 fully saturated rings. The Kier molecular flexibility index (Phi) is 6.32. The Bertz CT molecular complexity index is 762. The standard InChI is InChI=1S/C14H18ClN3O3S2/c1-11-16-17-14(18(11)6-9-23(2,19)20)22-8-7-21-13-5-3-4-12(15)10-13/h3-5,10H,6-9H2,1-2H3. The monoisotopic (exact) mass is 375 g/mol. The molecule has 2 rings (SSSR count). The van der Waals surface area contributed by atoms with E-state index < -0.39 is 9.84 Å². The first-order valence-electron chi connectivity index (χ1n) is 6.94. The molecule has 0 spiro atoms. The number of nitrogens with zero attached hydrogens (tertiary/aromatic N) is 3. The van der Waals surface area contributed by atoms with E-state index in [-0.39, 0.29) is 5.75 Å². The van der Waals surface area contributed by atoms with E-state index >= 15 is 0 Å². The van der Waals surface area contributed by atoms with E-state index in [0.717, 1.165) is 0 Å². The molecule has 23 heavy (non-hydrogen) atoms. The maximum atomic E-state index is 11.3. The summed E-state index contributed by atoms with van der Waals surface area (Å²) in [4.78, 5) is 0. The molecule has 9 heteroatoms. The molecule has 0 amide bonds. The summed E-state index contributed by atoms with van der Waals surface area (Å²) in [5.74, 6) is 2.15. The molecule has 0 aliphatic carbocycles. The summed E-state index contributed by atoms with van der Waals surface area (Å²) in [5.41, 5.74) is 0. The number of thioether (sulfide) groups is 1. The Hall–Kier alpha value is -1.25. The van der Waals surface area contributed by atoms with E-state index in [1.54, 1.807) is 12.1 Å². The van der Waals surface area contributed by atoms with Gasteiger partial charge in [0.1, 0.15) is 21.4 Å². The largest absolute Gasteiger partial charge is 0.493 e. The van der Waals surface area contributed by atoms with Crippen LogP contribution in [0.15, 0.2) is 29.4 Å². The molecule has 0 saturated carbocycles. The van der Waals surface area contributed by atoms with Crippen LogP contribution in [-0.4, -0.2) is 47.6 Å². The minimum atomic E-state index is -3.02. The third-order valence-electron chi connectivity index (χ3n) is 2.97. The van der Waals surface area contributed by atoms with Gasteiger partial charge in [0.25, 0.3) is 0 Å². The Morgan fingerprint density at radius 2 is 2.13 bits per heavy atom. The first kappa shape index (κ1) is 18.1. The van der Waals surface area contributed by atoms with Crippen molar-refractivity contribution >= 4 is 33.2 Å². The second kappa shape index (κ2) is 8.03. The van der Waals surface area contributed by atoms with Gasteiger partial charge < -0.3 is 9.30 Å². The van der Waals surface area contributed by atoms with Crippen LogP contribution in [0.25, 0.3) is 0 Å². The Morgan fingerprint density at radius 3 is 2.83 bits per heavy atom. The van der Waals surface area contributed by atoms with Crippen LogP contribution in [0.2, 0.25) is 5.02 Å². The summed E-state index contributed by atoms with van der Waals surface area (Å²) < 4.78 is 30.0.